The molecule has 21 heavy (non-hydrogen) atoms. The highest BCUT2D eigenvalue weighted by molar-refractivity contribution is 9.10. The van der Waals surface area contributed by atoms with Gasteiger partial charge in [0.05, 0.1) is 6.54 Å². The molecule has 1 unspecified atom stereocenters. The van der Waals surface area contributed by atoms with Gasteiger partial charge in [-0.2, -0.15) is 0 Å². The molecule has 1 fully saturated rings. The first kappa shape index (κ1) is 14.7. The Balaban J connectivity index is 1.56. The van der Waals surface area contributed by atoms with Crippen LogP contribution in [0.15, 0.2) is 25.6 Å². The number of likely N-dealkylation sites (N-methyl/N-ethyl adjacent to an activating group) is 1. The molecule has 0 aromatic carbocycles. The topological polar surface area (TPSA) is 67.3 Å². The second kappa shape index (κ2) is 6.72. The van der Waals surface area contributed by atoms with E-state index in [1.54, 1.807) is 12.1 Å². The summed E-state index contributed by atoms with van der Waals surface area (Å²) in [6.45, 7) is 2.76. The van der Waals surface area contributed by atoms with Gasteiger partial charge in [-0.05, 0) is 54.5 Å². The minimum atomic E-state index is 0.417. The van der Waals surface area contributed by atoms with Crippen LogP contribution in [-0.4, -0.2) is 41.3 Å². The van der Waals surface area contributed by atoms with E-state index in [1.165, 1.54) is 19.3 Å². The van der Waals surface area contributed by atoms with Crippen LogP contribution in [0.1, 0.15) is 25.2 Å². The van der Waals surface area contributed by atoms with Crippen molar-refractivity contribution in [1.82, 2.24) is 20.4 Å². The molecule has 0 spiro atoms. The number of nitrogens with zero attached hydrogens (tertiary/aromatic N) is 3. The van der Waals surface area contributed by atoms with Crippen molar-refractivity contribution in [2.45, 2.75) is 31.8 Å². The van der Waals surface area contributed by atoms with Crippen LogP contribution in [0.3, 0.4) is 0 Å². The zero-order valence-corrected chi connectivity index (χ0v) is 13.6. The van der Waals surface area contributed by atoms with Gasteiger partial charge in [-0.15, -0.1) is 10.2 Å². The van der Waals surface area contributed by atoms with Crippen molar-refractivity contribution >= 4 is 15.9 Å². The van der Waals surface area contributed by atoms with Crippen LogP contribution >= 0.6 is 15.9 Å². The van der Waals surface area contributed by atoms with Crippen LogP contribution in [0.2, 0.25) is 0 Å². The molecule has 0 radical (unpaired) electrons. The lowest BCUT2D eigenvalue weighted by Gasteiger charge is -2.27. The number of furan rings is 1. The van der Waals surface area contributed by atoms with Crippen LogP contribution < -0.4 is 5.32 Å². The molecule has 3 rings (SSSR count). The summed E-state index contributed by atoms with van der Waals surface area (Å²) >= 11 is 3.26. The largest absolute Gasteiger partial charge is 0.444 e. The molecule has 1 aliphatic heterocycles. The Labute approximate surface area is 132 Å². The average Bonchev–Trinajstić information content (AvgIpc) is 3.09. The minimum Gasteiger partial charge on any atom is -0.444 e. The van der Waals surface area contributed by atoms with E-state index in [0.29, 0.717) is 34.8 Å². The SMILES string of the molecule is CN(Cc1nnc(-c2ccc(Br)o2)o1)CC1CCCCN1. The quantitative estimate of drug-likeness (QED) is 0.890. The Hall–Kier alpha value is -1.18. The van der Waals surface area contributed by atoms with Crippen LogP contribution in [-0.2, 0) is 6.54 Å². The van der Waals surface area contributed by atoms with Gasteiger partial charge in [-0.1, -0.05) is 6.42 Å². The number of halogens is 1. The number of rotatable bonds is 5. The highest BCUT2D eigenvalue weighted by Gasteiger charge is 2.17. The van der Waals surface area contributed by atoms with Crippen molar-refractivity contribution < 1.29 is 8.83 Å². The summed E-state index contributed by atoms with van der Waals surface area (Å²) in [4.78, 5) is 2.21. The number of piperidine rings is 1. The van der Waals surface area contributed by atoms with Gasteiger partial charge >= 0.3 is 0 Å². The first-order chi connectivity index (χ1) is 10.2. The van der Waals surface area contributed by atoms with E-state index in [4.69, 9.17) is 8.83 Å². The highest BCUT2D eigenvalue weighted by atomic mass is 79.9. The molecule has 6 nitrogen and oxygen atoms in total. The molecule has 0 saturated carbocycles. The van der Waals surface area contributed by atoms with Gasteiger partial charge in [0.2, 0.25) is 5.89 Å². The molecule has 1 atom stereocenters. The highest BCUT2D eigenvalue weighted by Crippen LogP contribution is 2.24. The number of hydrogen-bond acceptors (Lipinski definition) is 6. The van der Waals surface area contributed by atoms with Crippen molar-refractivity contribution in [3.8, 4) is 11.7 Å². The molecule has 0 bridgehead atoms. The molecular formula is C14H19BrN4O2. The van der Waals surface area contributed by atoms with E-state index in [2.05, 4.69) is 43.4 Å². The summed E-state index contributed by atoms with van der Waals surface area (Å²) in [5, 5.41) is 11.6. The predicted molar refractivity (Wildman–Crippen MR) is 81.7 cm³/mol. The second-order valence-electron chi connectivity index (χ2n) is 5.45. The monoisotopic (exact) mass is 354 g/mol. The minimum absolute atomic E-state index is 0.417. The summed E-state index contributed by atoms with van der Waals surface area (Å²) in [7, 11) is 2.07. The third kappa shape index (κ3) is 3.93. The van der Waals surface area contributed by atoms with Crippen LogP contribution in [0.5, 0.6) is 0 Å². The summed E-state index contributed by atoms with van der Waals surface area (Å²) < 4.78 is 11.7. The molecule has 2 aromatic heterocycles. The lowest BCUT2D eigenvalue weighted by Crippen LogP contribution is -2.42. The smallest absolute Gasteiger partial charge is 0.283 e. The Morgan fingerprint density at radius 1 is 1.33 bits per heavy atom. The molecule has 0 amide bonds. The Morgan fingerprint density at radius 3 is 2.95 bits per heavy atom. The van der Waals surface area contributed by atoms with Gasteiger partial charge in [0.25, 0.3) is 5.89 Å². The molecule has 3 heterocycles. The maximum absolute atomic E-state index is 5.64. The zero-order chi connectivity index (χ0) is 14.7. The molecule has 1 N–H and O–H groups in total. The summed E-state index contributed by atoms with van der Waals surface area (Å²) in [5.41, 5.74) is 0. The van der Waals surface area contributed by atoms with Crippen molar-refractivity contribution in [2.75, 3.05) is 20.1 Å². The van der Waals surface area contributed by atoms with Crippen molar-refractivity contribution in [1.29, 1.82) is 0 Å². The average molecular weight is 355 g/mol. The van der Waals surface area contributed by atoms with E-state index in [1.807, 2.05) is 0 Å². The normalized spacial score (nSPS) is 19.3. The van der Waals surface area contributed by atoms with Crippen LogP contribution in [0, 0.1) is 0 Å². The van der Waals surface area contributed by atoms with Crippen molar-refractivity contribution in [3.05, 3.63) is 22.7 Å². The van der Waals surface area contributed by atoms with Crippen molar-refractivity contribution in [2.24, 2.45) is 0 Å². The third-order valence-corrected chi connectivity index (χ3v) is 4.03. The molecule has 0 aliphatic carbocycles. The summed E-state index contributed by atoms with van der Waals surface area (Å²) in [6, 6.07) is 4.17. The first-order valence-electron chi connectivity index (χ1n) is 7.21. The van der Waals surface area contributed by atoms with Gasteiger partial charge in [-0.25, -0.2) is 0 Å². The molecule has 7 heteroatoms. The Kier molecular flexibility index (Phi) is 4.72. The predicted octanol–water partition coefficient (Wildman–Crippen LogP) is 2.67. The summed E-state index contributed by atoms with van der Waals surface area (Å²) in [5.74, 6) is 1.60. The third-order valence-electron chi connectivity index (χ3n) is 3.60. The fraction of sp³-hybridized carbons (Fsp3) is 0.571. The molecule has 114 valence electrons. The first-order valence-corrected chi connectivity index (χ1v) is 8.00. The van der Waals surface area contributed by atoms with Crippen LogP contribution in [0.25, 0.3) is 11.7 Å². The van der Waals surface area contributed by atoms with Crippen molar-refractivity contribution in [3.63, 3.8) is 0 Å². The van der Waals surface area contributed by atoms with E-state index in [-0.39, 0.29) is 0 Å². The Morgan fingerprint density at radius 2 is 2.24 bits per heavy atom. The number of nitrogens with one attached hydrogen (secondary N) is 1. The standard InChI is InChI=1S/C14H19BrN4O2/c1-19(8-10-4-2-3-7-16-10)9-13-17-18-14(21-13)11-5-6-12(15)20-11/h5-6,10,16H,2-4,7-9H2,1H3. The Bertz CT molecular complexity index is 577. The molecular weight excluding hydrogens is 336 g/mol. The van der Waals surface area contributed by atoms with Gasteiger partial charge in [-0.3, -0.25) is 4.90 Å². The molecule has 1 saturated heterocycles. The maximum atomic E-state index is 5.64. The molecule has 2 aromatic rings. The van der Waals surface area contributed by atoms with Gasteiger partial charge < -0.3 is 14.2 Å². The lowest BCUT2D eigenvalue weighted by atomic mass is 10.0. The molecule has 1 aliphatic rings. The van der Waals surface area contributed by atoms with Gasteiger partial charge in [0.1, 0.15) is 0 Å². The van der Waals surface area contributed by atoms with E-state index >= 15 is 0 Å². The van der Waals surface area contributed by atoms with E-state index < -0.39 is 0 Å². The fourth-order valence-electron chi connectivity index (χ4n) is 2.60. The zero-order valence-electron chi connectivity index (χ0n) is 12.0. The fourth-order valence-corrected chi connectivity index (χ4v) is 2.90. The second-order valence-corrected chi connectivity index (χ2v) is 6.23. The number of aromatic nitrogens is 2. The van der Waals surface area contributed by atoms with E-state index in [0.717, 1.165) is 13.1 Å². The van der Waals surface area contributed by atoms with Gasteiger partial charge in [0, 0.05) is 12.6 Å². The number of hydrogen-bond donors (Lipinski definition) is 1. The summed E-state index contributed by atoms with van der Waals surface area (Å²) in [6.07, 6.45) is 3.83. The maximum Gasteiger partial charge on any atom is 0.283 e. The lowest BCUT2D eigenvalue weighted by molar-refractivity contribution is 0.237. The van der Waals surface area contributed by atoms with Gasteiger partial charge in [0.15, 0.2) is 10.4 Å². The van der Waals surface area contributed by atoms with Crippen LogP contribution in [0.4, 0.5) is 0 Å². The van der Waals surface area contributed by atoms with E-state index in [9.17, 15) is 0 Å².